The fourth-order valence-corrected chi connectivity index (χ4v) is 2.78. The third-order valence-electron chi connectivity index (χ3n) is 2.28. The molecule has 2 aromatic rings. The molecule has 0 spiro atoms. The molecule has 0 aliphatic carbocycles. The van der Waals surface area contributed by atoms with Crippen LogP contribution in [-0.2, 0) is 11.3 Å². The molecule has 0 aliphatic rings. The first-order chi connectivity index (χ1) is 8.16. The summed E-state index contributed by atoms with van der Waals surface area (Å²) in [6.07, 6.45) is 0. The quantitative estimate of drug-likeness (QED) is 0.874. The van der Waals surface area contributed by atoms with E-state index in [4.69, 9.17) is 5.11 Å². The predicted molar refractivity (Wildman–Crippen MR) is 69.4 cm³/mol. The second kappa shape index (κ2) is 5.39. The summed E-state index contributed by atoms with van der Waals surface area (Å²) in [4.78, 5) is 15.1. The Hall–Kier alpha value is -1.24. The van der Waals surface area contributed by atoms with Crippen LogP contribution in [0.25, 0.3) is 10.6 Å². The number of aliphatic carboxylic acids is 1. The van der Waals surface area contributed by atoms with Gasteiger partial charge in [0, 0.05) is 22.9 Å². The van der Waals surface area contributed by atoms with Crippen molar-refractivity contribution in [2.45, 2.75) is 19.5 Å². The fraction of sp³-hybridized carbons (Fsp3) is 0.273. The Bertz CT molecular complexity index is 493. The summed E-state index contributed by atoms with van der Waals surface area (Å²) < 4.78 is 0. The summed E-state index contributed by atoms with van der Waals surface area (Å²) in [6, 6.07) is 1.47. The van der Waals surface area contributed by atoms with Crippen LogP contribution in [0.1, 0.15) is 12.6 Å². The Morgan fingerprint density at radius 3 is 3.06 bits per heavy atom. The smallest absolute Gasteiger partial charge is 0.320 e. The van der Waals surface area contributed by atoms with Crippen LogP contribution in [0.3, 0.4) is 0 Å². The zero-order valence-corrected chi connectivity index (χ0v) is 10.8. The highest BCUT2D eigenvalue weighted by Gasteiger charge is 2.11. The molecule has 2 heterocycles. The third kappa shape index (κ3) is 3.12. The van der Waals surface area contributed by atoms with Gasteiger partial charge in [0.2, 0.25) is 0 Å². The van der Waals surface area contributed by atoms with Crippen molar-refractivity contribution in [2.24, 2.45) is 0 Å². The van der Waals surface area contributed by atoms with Crippen LogP contribution in [0, 0.1) is 0 Å². The van der Waals surface area contributed by atoms with Crippen molar-refractivity contribution in [3.8, 4) is 10.6 Å². The molecule has 90 valence electrons. The first-order valence-corrected chi connectivity index (χ1v) is 6.92. The number of nitrogens with one attached hydrogen (secondary N) is 1. The van der Waals surface area contributed by atoms with Crippen LogP contribution < -0.4 is 5.32 Å². The number of aromatic nitrogens is 1. The Morgan fingerprint density at radius 2 is 2.41 bits per heavy atom. The van der Waals surface area contributed by atoms with Crippen molar-refractivity contribution >= 4 is 28.6 Å². The number of hydrogen-bond donors (Lipinski definition) is 2. The number of carboxylic acid groups (broad SMARTS) is 1. The Balaban J connectivity index is 1.97. The van der Waals surface area contributed by atoms with Crippen LogP contribution in [0.15, 0.2) is 22.2 Å². The van der Waals surface area contributed by atoms with E-state index in [1.165, 1.54) is 0 Å². The monoisotopic (exact) mass is 268 g/mol. The maximum absolute atomic E-state index is 10.6. The molecule has 2 N–H and O–H groups in total. The second-order valence-electron chi connectivity index (χ2n) is 3.60. The number of carboxylic acids is 1. The lowest BCUT2D eigenvalue weighted by Crippen LogP contribution is -2.33. The second-order valence-corrected chi connectivity index (χ2v) is 5.23. The molecule has 0 saturated heterocycles. The molecule has 2 rings (SSSR count). The largest absolute Gasteiger partial charge is 0.480 e. The van der Waals surface area contributed by atoms with Gasteiger partial charge < -0.3 is 5.11 Å². The molecule has 0 fully saturated rings. The van der Waals surface area contributed by atoms with Gasteiger partial charge in [0.1, 0.15) is 11.0 Å². The number of rotatable bonds is 5. The maximum atomic E-state index is 10.6. The molecule has 2 aromatic heterocycles. The van der Waals surface area contributed by atoms with Crippen LogP contribution in [0.2, 0.25) is 0 Å². The Labute approximate surface area is 107 Å². The van der Waals surface area contributed by atoms with Gasteiger partial charge in [0.25, 0.3) is 0 Å². The molecule has 0 radical (unpaired) electrons. The van der Waals surface area contributed by atoms with Crippen molar-refractivity contribution in [3.05, 3.63) is 27.9 Å². The van der Waals surface area contributed by atoms with E-state index in [9.17, 15) is 4.79 Å². The number of nitrogens with zero attached hydrogens (tertiary/aromatic N) is 1. The molecular formula is C11H12N2O2S2. The zero-order valence-electron chi connectivity index (χ0n) is 9.21. The van der Waals surface area contributed by atoms with Crippen molar-refractivity contribution in [1.82, 2.24) is 10.3 Å². The molecule has 0 aliphatic heterocycles. The average molecular weight is 268 g/mol. The van der Waals surface area contributed by atoms with Gasteiger partial charge in [0.15, 0.2) is 0 Å². The van der Waals surface area contributed by atoms with E-state index in [0.29, 0.717) is 6.54 Å². The lowest BCUT2D eigenvalue weighted by molar-refractivity contribution is -0.139. The van der Waals surface area contributed by atoms with E-state index in [1.807, 2.05) is 16.8 Å². The van der Waals surface area contributed by atoms with Gasteiger partial charge in [-0.05, 0) is 18.4 Å². The minimum absolute atomic E-state index is 0.480. The van der Waals surface area contributed by atoms with Crippen LogP contribution in [-0.4, -0.2) is 22.1 Å². The van der Waals surface area contributed by atoms with Gasteiger partial charge >= 0.3 is 5.97 Å². The number of hydrogen-bond acceptors (Lipinski definition) is 5. The van der Waals surface area contributed by atoms with Crippen LogP contribution >= 0.6 is 22.7 Å². The minimum atomic E-state index is -0.849. The highest BCUT2D eigenvalue weighted by atomic mass is 32.1. The molecule has 0 aromatic carbocycles. The molecule has 1 unspecified atom stereocenters. The van der Waals surface area contributed by atoms with Crippen molar-refractivity contribution in [2.75, 3.05) is 0 Å². The molecule has 4 nitrogen and oxygen atoms in total. The zero-order chi connectivity index (χ0) is 12.3. The number of thiazole rings is 1. The van der Waals surface area contributed by atoms with E-state index in [1.54, 1.807) is 29.6 Å². The average Bonchev–Trinajstić information content (AvgIpc) is 2.95. The topological polar surface area (TPSA) is 62.2 Å². The van der Waals surface area contributed by atoms with Crippen molar-refractivity contribution in [1.29, 1.82) is 0 Å². The Morgan fingerprint density at radius 1 is 1.59 bits per heavy atom. The summed E-state index contributed by atoms with van der Waals surface area (Å²) in [5.74, 6) is -0.849. The molecule has 0 saturated carbocycles. The van der Waals surface area contributed by atoms with Crippen LogP contribution in [0.5, 0.6) is 0 Å². The van der Waals surface area contributed by atoms with Gasteiger partial charge in [-0.3, -0.25) is 10.1 Å². The summed E-state index contributed by atoms with van der Waals surface area (Å²) in [5.41, 5.74) is 2.00. The normalized spacial score (nSPS) is 12.5. The predicted octanol–water partition coefficient (Wildman–Crippen LogP) is 2.43. The SMILES string of the molecule is CC(NCc1csc(-c2ccsc2)n1)C(=O)O. The lowest BCUT2D eigenvalue weighted by atomic mass is 10.3. The van der Waals surface area contributed by atoms with Gasteiger partial charge in [-0.1, -0.05) is 0 Å². The highest BCUT2D eigenvalue weighted by Crippen LogP contribution is 2.25. The highest BCUT2D eigenvalue weighted by molar-refractivity contribution is 7.14. The Kier molecular flexibility index (Phi) is 3.88. The summed E-state index contributed by atoms with van der Waals surface area (Å²) in [7, 11) is 0. The minimum Gasteiger partial charge on any atom is -0.480 e. The molecule has 0 bridgehead atoms. The fourth-order valence-electron chi connectivity index (χ4n) is 1.25. The van der Waals surface area contributed by atoms with Gasteiger partial charge in [-0.2, -0.15) is 11.3 Å². The van der Waals surface area contributed by atoms with E-state index >= 15 is 0 Å². The van der Waals surface area contributed by atoms with E-state index in [-0.39, 0.29) is 0 Å². The molecule has 1 atom stereocenters. The van der Waals surface area contributed by atoms with E-state index in [0.717, 1.165) is 16.3 Å². The van der Waals surface area contributed by atoms with Crippen molar-refractivity contribution < 1.29 is 9.90 Å². The van der Waals surface area contributed by atoms with Gasteiger partial charge in [-0.15, -0.1) is 11.3 Å². The lowest BCUT2D eigenvalue weighted by Gasteiger charge is -2.06. The first-order valence-electron chi connectivity index (χ1n) is 5.10. The summed E-state index contributed by atoms with van der Waals surface area (Å²) in [5, 5.41) is 18.6. The summed E-state index contributed by atoms with van der Waals surface area (Å²) >= 11 is 3.21. The standard InChI is InChI=1S/C11H12N2O2S2/c1-7(11(14)15)12-4-9-6-17-10(13-9)8-2-3-16-5-8/h2-3,5-7,12H,4H2,1H3,(H,14,15). The summed E-state index contributed by atoms with van der Waals surface area (Å²) in [6.45, 7) is 2.10. The van der Waals surface area contributed by atoms with Gasteiger partial charge in [-0.25, -0.2) is 4.98 Å². The molecular weight excluding hydrogens is 256 g/mol. The van der Waals surface area contributed by atoms with E-state index in [2.05, 4.69) is 15.7 Å². The van der Waals surface area contributed by atoms with Crippen LogP contribution in [0.4, 0.5) is 0 Å². The number of carbonyl (C=O) groups is 1. The van der Waals surface area contributed by atoms with Crippen molar-refractivity contribution in [3.63, 3.8) is 0 Å². The van der Waals surface area contributed by atoms with E-state index < -0.39 is 12.0 Å². The molecule has 6 heteroatoms. The molecule has 17 heavy (non-hydrogen) atoms. The molecule has 0 amide bonds. The first kappa shape index (κ1) is 12.2. The third-order valence-corrected chi connectivity index (χ3v) is 3.90. The number of thiophene rings is 1. The maximum Gasteiger partial charge on any atom is 0.320 e. The van der Waals surface area contributed by atoms with Gasteiger partial charge in [0.05, 0.1) is 5.69 Å².